The largest absolute Gasteiger partial charge is 0.369 e. The molecule has 1 unspecified atom stereocenters. The highest BCUT2D eigenvalue weighted by atomic mass is 16.5. The molecule has 0 fully saturated rings. The van der Waals surface area contributed by atoms with Crippen LogP contribution in [0.3, 0.4) is 0 Å². The Kier molecular flexibility index (Phi) is 6.45. The number of aromatic nitrogens is 2. The number of ether oxygens (including phenoxy) is 1. The second kappa shape index (κ2) is 7.60. The van der Waals surface area contributed by atoms with Crippen LogP contribution in [0.25, 0.3) is 0 Å². The molecule has 19 heavy (non-hydrogen) atoms. The predicted octanol–water partition coefficient (Wildman–Crippen LogP) is 3.14. The first-order chi connectivity index (χ1) is 8.93. The molecule has 1 aromatic heterocycles. The number of nitrogens with two attached hydrogens (primary N) is 1. The summed E-state index contributed by atoms with van der Waals surface area (Å²) in [6, 6.07) is 0. The standard InChI is InChI=1S/C14H27N3O2/c1-5-6-7-8-9-11(2)18-10-12-16-13(17-19-12)14(3,4)15/h11H,5-10,15H2,1-4H3. The van der Waals surface area contributed by atoms with Crippen LogP contribution in [0.4, 0.5) is 0 Å². The third-order valence-electron chi connectivity index (χ3n) is 3.00. The Morgan fingerprint density at radius 1 is 1.32 bits per heavy atom. The molecule has 2 N–H and O–H groups in total. The van der Waals surface area contributed by atoms with Crippen LogP contribution in [0.2, 0.25) is 0 Å². The van der Waals surface area contributed by atoms with E-state index < -0.39 is 5.54 Å². The van der Waals surface area contributed by atoms with Crippen LogP contribution in [-0.4, -0.2) is 16.2 Å². The van der Waals surface area contributed by atoms with Gasteiger partial charge in [-0.05, 0) is 27.2 Å². The van der Waals surface area contributed by atoms with E-state index >= 15 is 0 Å². The van der Waals surface area contributed by atoms with Crippen LogP contribution < -0.4 is 5.73 Å². The number of nitrogens with zero attached hydrogens (tertiary/aromatic N) is 2. The second-order valence-corrected chi connectivity index (χ2v) is 5.70. The number of unbranched alkanes of at least 4 members (excludes halogenated alkanes) is 3. The summed E-state index contributed by atoms with van der Waals surface area (Å²) in [5.74, 6) is 1.01. The van der Waals surface area contributed by atoms with Gasteiger partial charge >= 0.3 is 0 Å². The molecular weight excluding hydrogens is 242 g/mol. The van der Waals surface area contributed by atoms with E-state index in [-0.39, 0.29) is 6.10 Å². The maximum atomic E-state index is 5.89. The van der Waals surface area contributed by atoms with Crippen molar-refractivity contribution in [1.82, 2.24) is 10.1 Å². The summed E-state index contributed by atoms with van der Waals surface area (Å²) in [5, 5.41) is 3.86. The Morgan fingerprint density at radius 3 is 2.63 bits per heavy atom. The Morgan fingerprint density at radius 2 is 2.05 bits per heavy atom. The summed E-state index contributed by atoms with van der Waals surface area (Å²) < 4.78 is 10.8. The summed E-state index contributed by atoms with van der Waals surface area (Å²) in [6.07, 6.45) is 6.33. The monoisotopic (exact) mass is 269 g/mol. The molecule has 0 aliphatic heterocycles. The van der Waals surface area contributed by atoms with E-state index in [9.17, 15) is 0 Å². The molecule has 0 aromatic carbocycles. The maximum Gasteiger partial charge on any atom is 0.252 e. The highest BCUT2D eigenvalue weighted by Crippen LogP contribution is 2.14. The van der Waals surface area contributed by atoms with Crippen molar-refractivity contribution >= 4 is 0 Å². The zero-order valence-corrected chi connectivity index (χ0v) is 12.6. The van der Waals surface area contributed by atoms with Crippen molar-refractivity contribution in [2.24, 2.45) is 5.73 Å². The van der Waals surface area contributed by atoms with E-state index in [1.54, 1.807) is 0 Å². The number of hydrogen-bond donors (Lipinski definition) is 1. The van der Waals surface area contributed by atoms with Gasteiger partial charge in [-0.3, -0.25) is 0 Å². The van der Waals surface area contributed by atoms with Gasteiger partial charge in [-0.2, -0.15) is 4.98 Å². The summed E-state index contributed by atoms with van der Waals surface area (Å²) in [4.78, 5) is 4.24. The van der Waals surface area contributed by atoms with E-state index in [0.717, 1.165) is 6.42 Å². The molecule has 0 spiro atoms. The molecule has 0 aliphatic carbocycles. The van der Waals surface area contributed by atoms with Gasteiger partial charge in [-0.25, -0.2) is 0 Å². The minimum absolute atomic E-state index is 0.220. The molecule has 1 atom stereocenters. The van der Waals surface area contributed by atoms with Crippen molar-refractivity contribution in [1.29, 1.82) is 0 Å². The SMILES string of the molecule is CCCCCCC(C)OCc1nc(C(C)(C)N)no1. The molecular formula is C14H27N3O2. The van der Waals surface area contributed by atoms with E-state index in [1.807, 2.05) is 13.8 Å². The fraction of sp³-hybridized carbons (Fsp3) is 0.857. The lowest BCUT2D eigenvalue weighted by atomic mass is 10.1. The van der Waals surface area contributed by atoms with Gasteiger partial charge in [-0.1, -0.05) is 37.8 Å². The molecule has 0 bridgehead atoms. The van der Waals surface area contributed by atoms with Crippen LogP contribution in [-0.2, 0) is 16.9 Å². The van der Waals surface area contributed by atoms with Crippen LogP contribution >= 0.6 is 0 Å². The minimum Gasteiger partial charge on any atom is -0.369 e. The number of hydrogen-bond acceptors (Lipinski definition) is 5. The van der Waals surface area contributed by atoms with E-state index in [1.165, 1.54) is 25.7 Å². The van der Waals surface area contributed by atoms with Crippen LogP contribution in [0, 0.1) is 0 Å². The second-order valence-electron chi connectivity index (χ2n) is 5.70. The molecule has 5 nitrogen and oxygen atoms in total. The van der Waals surface area contributed by atoms with Gasteiger partial charge < -0.3 is 15.0 Å². The molecule has 0 saturated carbocycles. The Balaban J connectivity index is 2.26. The van der Waals surface area contributed by atoms with E-state index in [4.69, 9.17) is 15.0 Å². The van der Waals surface area contributed by atoms with Crippen molar-refractivity contribution in [2.45, 2.75) is 78.0 Å². The lowest BCUT2D eigenvalue weighted by Crippen LogP contribution is -2.30. The highest BCUT2D eigenvalue weighted by Gasteiger charge is 2.21. The summed E-state index contributed by atoms with van der Waals surface area (Å²) in [6.45, 7) is 8.35. The average molecular weight is 269 g/mol. The molecule has 0 aliphatic rings. The molecule has 110 valence electrons. The molecule has 1 aromatic rings. The fourth-order valence-corrected chi connectivity index (χ4v) is 1.73. The zero-order chi connectivity index (χ0) is 14.3. The van der Waals surface area contributed by atoms with Gasteiger partial charge in [0.15, 0.2) is 5.82 Å². The Labute approximate surface area is 115 Å². The van der Waals surface area contributed by atoms with Crippen molar-refractivity contribution < 1.29 is 9.26 Å². The Hall–Kier alpha value is -0.940. The average Bonchev–Trinajstić information content (AvgIpc) is 2.81. The first kappa shape index (κ1) is 16.1. The first-order valence-electron chi connectivity index (χ1n) is 7.17. The van der Waals surface area contributed by atoms with E-state index in [0.29, 0.717) is 18.3 Å². The van der Waals surface area contributed by atoms with Crippen LogP contribution in [0.5, 0.6) is 0 Å². The molecule has 1 heterocycles. The zero-order valence-electron chi connectivity index (χ0n) is 12.6. The topological polar surface area (TPSA) is 74.2 Å². The van der Waals surface area contributed by atoms with Gasteiger partial charge in [0.2, 0.25) is 0 Å². The van der Waals surface area contributed by atoms with Gasteiger partial charge in [0, 0.05) is 0 Å². The van der Waals surface area contributed by atoms with Crippen molar-refractivity contribution in [2.75, 3.05) is 0 Å². The summed E-state index contributed by atoms with van der Waals surface area (Å²) >= 11 is 0. The van der Waals surface area contributed by atoms with Gasteiger partial charge in [-0.15, -0.1) is 0 Å². The third kappa shape index (κ3) is 6.16. The van der Waals surface area contributed by atoms with Gasteiger partial charge in [0.1, 0.15) is 6.61 Å². The Bertz CT molecular complexity index is 358. The van der Waals surface area contributed by atoms with Crippen LogP contribution in [0.1, 0.15) is 71.5 Å². The number of rotatable bonds is 9. The quantitative estimate of drug-likeness (QED) is 0.697. The smallest absolute Gasteiger partial charge is 0.252 e. The normalized spacial score (nSPS) is 13.7. The molecule has 0 saturated heterocycles. The molecule has 5 heteroatoms. The summed E-state index contributed by atoms with van der Waals surface area (Å²) in [7, 11) is 0. The molecule has 1 rings (SSSR count). The lowest BCUT2D eigenvalue weighted by Gasteiger charge is -2.12. The third-order valence-corrected chi connectivity index (χ3v) is 3.00. The maximum absolute atomic E-state index is 5.89. The van der Waals surface area contributed by atoms with Crippen molar-refractivity contribution in [3.8, 4) is 0 Å². The fourth-order valence-electron chi connectivity index (χ4n) is 1.73. The van der Waals surface area contributed by atoms with E-state index in [2.05, 4.69) is 24.0 Å². The van der Waals surface area contributed by atoms with Crippen LogP contribution in [0.15, 0.2) is 4.52 Å². The van der Waals surface area contributed by atoms with Gasteiger partial charge in [0.25, 0.3) is 5.89 Å². The predicted molar refractivity (Wildman–Crippen MR) is 74.5 cm³/mol. The highest BCUT2D eigenvalue weighted by molar-refractivity contribution is 4.98. The lowest BCUT2D eigenvalue weighted by molar-refractivity contribution is 0.0309. The summed E-state index contributed by atoms with van der Waals surface area (Å²) in [5.41, 5.74) is 5.32. The van der Waals surface area contributed by atoms with Crippen molar-refractivity contribution in [3.63, 3.8) is 0 Å². The molecule has 0 radical (unpaired) electrons. The van der Waals surface area contributed by atoms with Gasteiger partial charge in [0.05, 0.1) is 11.6 Å². The first-order valence-corrected chi connectivity index (χ1v) is 7.17. The molecule has 0 amide bonds. The van der Waals surface area contributed by atoms with Crippen molar-refractivity contribution in [3.05, 3.63) is 11.7 Å². The minimum atomic E-state index is -0.576.